The number of piperazine rings is 1. The quantitative estimate of drug-likeness (QED) is 0.726. The number of rotatable bonds is 6. The van der Waals surface area contributed by atoms with E-state index in [1.54, 1.807) is 7.11 Å². The number of benzene rings is 1. The molecule has 2 amide bonds. The highest BCUT2D eigenvalue weighted by atomic mass is 16.5. The zero-order chi connectivity index (χ0) is 20.2. The highest BCUT2D eigenvalue weighted by molar-refractivity contribution is 5.85. The molecule has 1 N–H and O–H groups in total. The van der Waals surface area contributed by atoms with E-state index in [-0.39, 0.29) is 29.8 Å². The van der Waals surface area contributed by atoms with Crippen molar-refractivity contribution in [3.05, 3.63) is 35.9 Å². The Bertz CT molecular complexity index is 707. The predicted molar refractivity (Wildman–Crippen MR) is 108 cm³/mol. The predicted octanol–water partition coefficient (Wildman–Crippen LogP) is 1.20. The molecule has 1 aromatic carbocycles. The number of hydrogen-bond acceptors (Lipinski definition) is 5. The Hall–Kier alpha value is -1.96. The Labute approximate surface area is 172 Å². The maximum Gasteiger partial charge on any atom is 0.237 e. The molecule has 7 nitrogen and oxygen atoms in total. The lowest BCUT2D eigenvalue weighted by atomic mass is 9.92. The molecule has 0 spiro atoms. The van der Waals surface area contributed by atoms with Crippen molar-refractivity contribution in [2.24, 2.45) is 5.92 Å². The fourth-order valence-electron chi connectivity index (χ4n) is 5.10. The summed E-state index contributed by atoms with van der Waals surface area (Å²) in [4.78, 5) is 30.6. The number of amides is 2. The molecule has 0 aromatic heterocycles. The van der Waals surface area contributed by atoms with E-state index in [0.717, 1.165) is 38.2 Å². The van der Waals surface area contributed by atoms with Gasteiger partial charge >= 0.3 is 0 Å². The van der Waals surface area contributed by atoms with E-state index in [4.69, 9.17) is 9.47 Å². The molecule has 0 radical (unpaired) electrons. The van der Waals surface area contributed by atoms with Gasteiger partial charge in [0.05, 0.1) is 25.1 Å². The van der Waals surface area contributed by atoms with Crippen LogP contribution in [0.15, 0.2) is 30.3 Å². The number of carbonyl (C=O) groups excluding carboxylic acids is 2. The fraction of sp³-hybridized carbons (Fsp3) is 0.636. The van der Waals surface area contributed by atoms with E-state index < -0.39 is 0 Å². The molecular formula is C22H31N3O4. The van der Waals surface area contributed by atoms with Gasteiger partial charge in [0.1, 0.15) is 0 Å². The van der Waals surface area contributed by atoms with Crippen molar-refractivity contribution in [2.75, 3.05) is 46.6 Å². The van der Waals surface area contributed by atoms with Gasteiger partial charge in [0.25, 0.3) is 0 Å². The molecule has 3 saturated heterocycles. The van der Waals surface area contributed by atoms with Gasteiger partial charge in [0, 0.05) is 45.5 Å². The largest absolute Gasteiger partial charge is 0.383 e. The number of fused-ring (bicyclic) bond motifs is 1. The van der Waals surface area contributed by atoms with E-state index in [1.807, 2.05) is 35.2 Å². The van der Waals surface area contributed by atoms with Crippen LogP contribution in [0.2, 0.25) is 0 Å². The Balaban J connectivity index is 1.55. The van der Waals surface area contributed by atoms with Crippen molar-refractivity contribution >= 4 is 11.8 Å². The summed E-state index contributed by atoms with van der Waals surface area (Å²) in [7, 11) is 1.62. The molecule has 3 heterocycles. The van der Waals surface area contributed by atoms with Crippen molar-refractivity contribution in [3.63, 3.8) is 0 Å². The molecule has 3 fully saturated rings. The SMILES string of the molecule is COCCNC(=O)C1C[C@@H]2CN(C3CCOCC3)CC(=O)N2C1c1ccccc1. The second-order valence-electron chi connectivity index (χ2n) is 8.21. The third-order valence-corrected chi connectivity index (χ3v) is 6.46. The lowest BCUT2D eigenvalue weighted by Crippen LogP contribution is -2.57. The van der Waals surface area contributed by atoms with Gasteiger partial charge in [-0.2, -0.15) is 0 Å². The average molecular weight is 402 g/mol. The van der Waals surface area contributed by atoms with Crippen LogP contribution in [-0.4, -0.2) is 80.3 Å². The molecule has 4 rings (SSSR count). The van der Waals surface area contributed by atoms with Crippen LogP contribution in [-0.2, 0) is 19.1 Å². The lowest BCUT2D eigenvalue weighted by molar-refractivity contribution is -0.143. The number of nitrogens with zero attached hydrogens (tertiary/aromatic N) is 2. The second-order valence-corrected chi connectivity index (χ2v) is 8.21. The van der Waals surface area contributed by atoms with Crippen LogP contribution >= 0.6 is 0 Å². The maximum absolute atomic E-state index is 13.2. The molecule has 0 bridgehead atoms. The van der Waals surface area contributed by atoms with Gasteiger partial charge in [-0.3, -0.25) is 14.5 Å². The van der Waals surface area contributed by atoms with Crippen LogP contribution in [0.25, 0.3) is 0 Å². The van der Waals surface area contributed by atoms with Crippen molar-refractivity contribution < 1.29 is 19.1 Å². The van der Waals surface area contributed by atoms with Gasteiger partial charge < -0.3 is 19.7 Å². The summed E-state index contributed by atoms with van der Waals surface area (Å²) in [6.45, 7) is 3.77. The molecule has 158 valence electrons. The average Bonchev–Trinajstić information content (AvgIpc) is 3.15. The molecule has 3 aliphatic rings. The minimum absolute atomic E-state index is 0.00993. The Morgan fingerprint density at radius 1 is 1.21 bits per heavy atom. The summed E-state index contributed by atoms with van der Waals surface area (Å²) in [6, 6.07) is 10.3. The summed E-state index contributed by atoms with van der Waals surface area (Å²) in [5.74, 6) is -0.0950. The summed E-state index contributed by atoms with van der Waals surface area (Å²) in [5, 5.41) is 2.99. The molecular weight excluding hydrogens is 370 g/mol. The van der Waals surface area contributed by atoms with E-state index in [2.05, 4.69) is 10.2 Å². The minimum Gasteiger partial charge on any atom is -0.383 e. The van der Waals surface area contributed by atoms with Gasteiger partial charge in [-0.25, -0.2) is 0 Å². The molecule has 2 unspecified atom stereocenters. The highest BCUT2D eigenvalue weighted by Crippen LogP contribution is 2.43. The summed E-state index contributed by atoms with van der Waals surface area (Å²) < 4.78 is 10.6. The fourth-order valence-corrected chi connectivity index (χ4v) is 5.10. The zero-order valence-corrected chi connectivity index (χ0v) is 17.1. The first kappa shape index (κ1) is 20.3. The van der Waals surface area contributed by atoms with Crippen molar-refractivity contribution in [3.8, 4) is 0 Å². The highest BCUT2D eigenvalue weighted by Gasteiger charge is 2.50. The van der Waals surface area contributed by atoms with Crippen LogP contribution in [0.3, 0.4) is 0 Å². The first-order chi connectivity index (χ1) is 14.2. The molecule has 1 aromatic rings. The zero-order valence-electron chi connectivity index (χ0n) is 17.1. The van der Waals surface area contributed by atoms with E-state index in [0.29, 0.717) is 32.2 Å². The molecule has 3 aliphatic heterocycles. The third-order valence-electron chi connectivity index (χ3n) is 6.46. The number of nitrogens with one attached hydrogen (secondary N) is 1. The third kappa shape index (κ3) is 4.32. The Morgan fingerprint density at radius 2 is 1.97 bits per heavy atom. The molecule has 7 heteroatoms. The van der Waals surface area contributed by atoms with Crippen LogP contribution in [0.4, 0.5) is 0 Å². The lowest BCUT2D eigenvalue weighted by Gasteiger charge is -2.44. The van der Waals surface area contributed by atoms with Gasteiger partial charge in [-0.1, -0.05) is 30.3 Å². The van der Waals surface area contributed by atoms with Gasteiger partial charge in [0.15, 0.2) is 0 Å². The molecule has 0 saturated carbocycles. The van der Waals surface area contributed by atoms with E-state index in [1.165, 1.54) is 0 Å². The molecule has 0 aliphatic carbocycles. The van der Waals surface area contributed by atoms with Crippen LogP contribution in [0, 0.1) is 5.92 Å². The Kier molecular flexibility index (Phi) is 6.47. The molecule has 29 heavy (non-hydrogen) atoms. The number of carbonyl (C=O) groups is 2. The van der Waals surface area contributed by atoms with Crippen molar-refractivity contribution in [1.29, 1.82) is 0 Å². The van der Waals surface area contributed by atoms with Crippen molar-refractivity contribution in [2.45, 2.75) is 37.4 Å². The summed E-state index contributed by atoms with van der Waals surface area (Å²) in [6.07, 6.45) is 2.65. The van der Waals surface area contributed by atoms with Crippen LogP contribution < -0.4 is 5.32 Å². The minimum atomic E-state index is -0.238. The first-order valence-corrected chi connectivity index (χ1v) is 10.6. The van der Waals surface area contributed by atoms with Gasteiger partial charge in [-0.15, -0.1) is 0 Å². The first-order valence-electron chi connectivity index (χ1n) is 10.6. The van der Waals surface area contributed by atoms with Crippen LogP contribution in [0.5, 0.6) is 0 Å². The number of methoxy groups -OCH3 is 1. The van der Waals surface area contributed by atoms with E-state index >= 15 is 0 Å². The topological polar surface area (TPSA) is 71.1 Å². The van der Waals surface area contributed by atoms with Crippen molar-refractivity contribution in [1.82, 2.24) is 15.1 Å². The summed E-state index contributed by atoms with van der Waals surface area (Å²) in [5.41, 5.74) is 1.04. The van der Waals surface area contributed by atoms with Crippen LogP contribution in [0.1, 0.15) is 30.9 Å². The number of ether oxygens (including phenoxy) is 2. The normalized spacial score (nSPS) is 28.4. The number of hydrogen-bond donors (Lipinski definition) is 1. The summed E-state index contributed by atoms with van der Waals surface area (Å²) >= 11 is 0. The Morgan fingerprint density at radius 3 is 2.69 bits per heavy atom. The van der Waals surface area contributed by atoms with Gasteiger partial charge in [-0.05, 0) is 24.8 Å². The standard InChI is InChI=1S/C22H31N3O4/c1-28-12-9-23-22(27)19-13-18-14-24(17-7-10-29-11-8-17)15-20(26)25(18)21(19)16-5-3-2-4-6-16/h2-6,17-19,21H,7-15H2,1H3,(H,23,27)/t18-,19?,21?/m1/s1. The second kappa shape index (κ2) is 9.24. The van der Waals surface area contributed by atoms with E-state index in [9.17, 15) is 9.59 Å². The monoisotopic (exact) mass is 401 g/mol. The maximum atomic E-state index is 13.2. The van der Waals surface area contributed by atoms with Gasteiger partial charge in [0.2, 0.25) is 11.8 Å². The smallest absolute Gasteiger partial charge is 0.237 e. The molecule has 3 atom stereocenters.